The van der Waals surface area contributed by atoms with E-state index in [9.17, 15) is 0 Å². The summed E-state index contributed by atoms with van der Waals surface area (Å²) in [5.41, 5.74) is 0. The topological polar surface area (TPSA) is 21.7 Å². The van der Waals surface area contributed by atoms with E-state index in [2.05, 4.69) is 6.92 Å². The van der Waals surface area contributed by atoms with Gasteiger partial charge in [-0.15, -0.1) is 0 Å². The number of nitrogens with zero attached hydrogens (tertiary/aromatic N) is 1. The summed E-state index contributed by atoms with van der Waals surface area (Å²) in [5, 5.41) is 0. The van der Waals surface area contributed by atoms with Gasteiger partial charge in [0, 0.05) is 20.1 Å². The van der Waals surface area contributed by atoms with Gasteiger partial charge in [0.15, 0.2) is 0 Å². The van der Waals surface area contributed by atoms with Crippen LogP contribution in [0.3, 0.4) is 0 Å². The van der Waals surface area contributed by atoms with Gasteiger partial charge in [-0.05, 0) is 27.4 Å². The summed E-state index contributed by atoms with van der Waals surface area (Å²) < 4.78 is 11.0. The van der Waals surface area contributed by atoms with Crippen LogP contribution in [0.25, 0.3) is 0 Å². The molecule has 0 N–H and O–H groups in total. The highest BCUT2D eigenvalue weighted by Gasteiger charge is 2.31. The van der Waals surface area contributed by atoms with Gasteiger partial charge in [0.2, 0.25) is 5.91 Å². The Kier molecular flexibility index (Phi) is 5.46. The first-order chi connectivity index (χ1) is 5.63. The average Bonchev–Trinajstić information content (AvgIpc) is 2.03. The fourth-order valence-electron chi connectivity index (χ4n) is 1.31. The Labute approximate surface area is 75.6 Å². The van der Waals surface area contributed by atoms with E-state index < -0.39 is 5.91 Å². The highest BCUT2D eigenvalue weighted by molar-refractivity contribution is 4.64. The lowest BCUT2D eigenvalue weighted by atomic mass is 10.2. The molecule has 0 saturated carbocycles. The molecule has 0 heterocycles. The van der Waals surface area contributed by atoms with Gasteiger partial charge in [-0.2, -0.15) is 0 Å². The lowest BCUT2D eigenvalue weighted by molar-refractivity contribution is -0.297. The molecule has 0 aliphatic heterocycles. The van der Waals surface area contributed by atoms with Gasteiger partial charge in [0.05, 0.1) is 0 Å². The van der Waals surface area contributed by atoms with Crippen molar-refractivity contribution in [3.63, 3.8) is 0 Å². The fourth-order valence-corrected chi connectivity index (χ4v) is 1.31. The van der Waals surface area contributed by atoms with Crippen LogP contribution >= 0.6 is 0 Å². The second kappa shape index (κ2) is 5.51. The van der Waals surface area contributed by atoms with Crippen molar-refractivity contribution in [2.75, 3.05) is 27.8 Å². The summed E-state index contributed by atoms with van der Waals surface area (Å²) in [6, 6.07) is 0. The molecule has 0 aliphatic carbocycles. The maximum absolute atomic E-state index is 5.58. The van der Waals surface area contributed by atoms with Gasteiger partial charge in [0.1, 0.15) is 0 Å². The Morgan fingerprint density at radius 1 is 1.25 bits per heavy atom. The molecule has 0 aromatic heterocycles. The van der Waals surface area contributed by atoms with Crippen LogP contribution in [0.1, 0.15) is 26.7 Å². The van der Waals surface area contributed by atoms with Crippen LogP contribution < -0.4 is 0 Å². The maximum Gasteiger partial charge on any atom is 0.229 e. The van der Waals surface area contributed by atoms with Crippen molar-refractivity contribution in [3.05, 3.63) is 0 Å². The molecular formula is C9H21NO2. The maximum atomic E-state index is 5.58. The van der Waals surface area contributed by atoms with E-state index in [-0.39, 0.29) is 0 Å². The van der Waals surface area contributed by atoms with Crippen molar-refractivity contribution >= 4 is 0 Å². The molecule has 3 heteroatoms. The van der Waals surface area contributed by atoms with Gasteiger partial charge in [-0.3, -0.25) is 4.90 Å². The lowest BCUT2D eigenvalue weighted by Crippen LogP contribution is -2.48. The van der Waals surface area contributed by atoms with E-state index in [1.54, 1.807) is 7.11 Å². The summed E-state index contributed by atoms with van der Waals surface area (Å²) in [4.78, 5) is 1.97. The molecular weight excluding hydrogens is 154 g/mol. The molecule has 3 nitrogen and oxygen atoms in total. The van der Waals surface area contributed by atoms with E-state index in [0.29, 0.717) is 6.61 Å². The molecule has 0 saturated heterocycles. The highest BCUT2D eigenvalue weighted by atomic mass is 16.7. The molecule has 0 amide bonds. The first kappa shape index (κ1) is 11.9. The van der Waals surface area contributed by atoms with Gasteiger partial charge in [0.25, 0.3) is 0 Å². The van der Waals surface area contributed by atoms with E-state index in [0.717, 1.165) is 12.8 Å². The molecule has 0 spiro atoms. The van der Waals surface area contributed by atoms with Crippen molar-refractivity contribution in [3.8, 4) is 0 Å². The summed E-state index contributed by atoms with van der Waals surface area (Å²) >= 11 is 0. The lowest BCUT2D eigenvalue weighted by Gasteiger charge is -2.37. The van der Waals surface area contributed by atoms with Crippen LogP contribution in [-0.2, 0) is 9.47 Å². The normalized spacial score (nSPS) is 16.5. The number of ether oxygens (including phenoxy) is 2. The third-order valence-corrected chi connectivity index (χ3v) is 1.94. The van der Waals surface area contributed by atoms with Crippen molar-refractivity contribution in [1.82, 2.24) is 4.90 Å². The SMILES string of the molecule is CCCC(OC)(OCC)N(C)C. The number of hydrogen-bond donors (Lipinski definition) is 0. The van der Waals surface area contributed by atoms with Crippen molar-refractivity contribution < 1.29 is 9.47 Å². The minimum absolute atomic E-state index is 0.524. The Morgan fingerprint density at radius 3 is 2.08 bits per heavy atom. The van der Waals surface area contributed by atoms with Crippen LogP contribution in [-0.4, -0.2) is 38.6 Å². The summed E-state index contributed by atoms with van der Waals surface area (Å²) in [6.45, 7) is 4.77. The van der Waals surface area contributed by atoms with Crippen LogP contribution in [0.4, 0.5) is 0 Å². The molecule has 74 valence electrons. The Balaban J connectivity index is 4.28. The van der Waals surface area contributed by atoms with Gasteiger partial charge >= 0.3 is 0 Å². The standard InChI is InChI=1S/C9H21NO2/c1-6-8-9(11-5,10(3)4)12-7-2/h6-8H2,1-5H3. The molecule has 1 unspecified atom stereocenters. The zero-order valence-corrected chi connectivity index (χ0v) is 8.89. The third kappa shape index (κ3) is 2.73. The van der Waals surface area contributed by atoms with Crippen LogP contribution in [0.15, 0.2) is 0 Å². The number of methoxy groups -OCH3 is 1. The monoisotopic (exact) mass is 175 g/mol. The Bertz CT molecular complexity index is 109. The van der Waals surface area contributed by atoms with Crippen molar-refractivity contribution in [2.45, 2.75) is 32.6 Å². The summed E-state index contributed by atoms with van der Waals surface area (Å²) in [7, 11) is 5.62. The van der Waals surface area contributed by atoms with Crippen LogP contribution in [0.2, 0.25) is 0 Å². The average molecular weight is 175 g/mol. The zero-order valence-electron chi connectivity index (χ0n) is 8.89. The molecule has 0 bridgehead atoms. The first-order valence-electron chi connectivity index (χ1n) is 4.49. The smallest absolute Gasteiger partial charge is 0.229 e. The molecule has 12 heavy (non-hydrogen) atoms. The second-order valence-corrected chi connectivity index (χ2v) is 2.99. The van der Waals surface area contributed by atoms with Crippen LogP contribution in [0, 0.1) is 0 Å². The molecule has 0 rings (SSSR count). The first-order valence-corrected chi connectivity index (χ1v) is 4.49. The fraction of sp³-hybridized carbons (Fsp3) is 1.00. The third-order valence-electron chi connectivity index (χ3n) is 1.94. The molecule has 0 radical (unpaired) electrons. The predicted octanol–water partition coefficient (Wildman–Crippen LogP) is 1.68. The zero-order chi connectivity index (χ0) is 9.61. The van der Waals surface area contributed by atoms with E-state index >= 15 is 0 Å². The van der Waals surface area contributed by atoms with Crippen LogP contribution in [0.5, 0.6) is 0 Å². The molecule has 0 aromatic carbocycles. The summed E-state index contributed by atoms with van der Waals surface area (Å²) in [5.74, 6) is -0.524. The van der Waals surface area contributed by atoms with Crippen molar-refractivity contribution in [1.29, 1.82) is 0 Å². The number of rotatable bonds is 6. The van der Waals surface area contributed by atoms with Gasteiger partial charge < -0.3 is 9.47 Å². The molecule has 0 fully saturated rings. The molecule has 1 atom stereocenters. The van der Waals surface area contributed by atoms with Crippen molar-refractivity contribution in [2.24, 2.45) is 0 Å². The Hall–Kier alpha value is -0.120. The quantitative estimate of drug-likeness (QED) is 0.573. The number of hydrogen-bond acceptors (Lipinski definition) is 3. The minimum Gasteiger partial charge on any atom is -0.341 e. The molecule has 0 aliphatic rings. The predicted molar refractivity (Wildman–Crippen MR) is 50.0 cm³/mol. The van der Waals surface area contributed by atoms with E-state index in [4.69, 9.17) is 9.47 Å². The Morgan fingerprint density at radius 2 is 1.83 bits per heavy atom. The largest absolute Gasteiger partial charge is 0.341 e. The minimum atomic E-state index is -0.524. The molecule has 0 aromatic rings. The van der Waals surface area contributed by atoms with Gasteiger partial charge in [-0.1, -0.05) is 6.92 Å². The van der Waals surface area contributed by atoms with Gasteiger partial charge in [-0.25, -0.2) is 0 Å². The van der Waals surface area contributed by atoms with E-state index in [1.807, 2.05) is 25.9 Å². The van der Waals surface area contributed by atoms with E-state index in [1.165, 1.54) is 0 Å². The second-order valence-electron chi connectivity index (χ2n) is 2.99. The highest BCUT2D eigenvalue weighted by Crippen LogP contribution is 2.21. The summed E-state index contributed by atoms with van der Waals surface area (Å²) in [6.07, 6.45) is 1.94.